The summed E-state index contributed by atoms with van der Waals surface area (Å²) in [4.78, 5) is 27.3. The Morgan fingerprint density at radius 2 is 2.05 bits per heavy atom. The first-order valence-electron chi connectivity index (χ1n) is 6.12. The van der Waals surface area contributed by atoms with Crippen LogP contribution in [0.15, 0.2) is 29.6 Å². The van der Waals surface area contributed by atoms with Crippen LogP contribution in [0.2, 0.25) is 0 Å². The van der Waals surface area contributed by atoms with E-state index in [1.54, 1.807) is 19.4 Å². The van der Waals surface area contributed by atoms with Crippen molar-refractivity contribution in [2.45, 2.75) is 25.8 Å². The van der Waals surface area contributed by atoms with Crippen LogP contribution >= 0.6 is 0 Å². The summed E-state index contributed by atoms with van der Waals surface area (Å²) in [6.07, 6.45) is 4.08. The van der Waals surface area contributed by atoms with Crippen molar-refractivity contribution in [1.29, 1.82) is 0 Å². The molecule has 0 unspecified atom stereocenters. The number of hydrogen-bond acceptors (Lipinski definition) is 4. The van der Waals surface area contributed by atoms with Crippen molar-refractivity contribution < 1.29 is 9.59 Å². The van der Waals surface area contributed by atoms with Crippen LogP contribution in [0.1, 0.15) is 31.4 Å². The van der Waals surface area contributed by atoms with Crippen molar-refractivity contribution in [2.75, 3.05) is 7.05 Å². The van der Waals surface area contributed by atoms with Crippen molar-refractivity contribution in [3.63, 3.8) is 0 Å². The van der Waals surface area contributed by atoms with Crippen LogP contribution < -0.4 is 5.32 Å². The minimum atomic E-state index is -0.233. The van der Waals surface area contributed by atoms with E-state index in [4.69, 9.17) is 0 Å². The van der Waals surface area contributed by atoms with Crippen molar-refractivity contribution in [3.05, 3.63) is 30.1 Å². The maximum atomic E-state index is 12.0. The summed E-state index contributed by atoms with van der Waals surface area (Å²) in [7, 11) is 1.56. The zero-order valence-electron chi connectivity index (χ0n) is 11.0. The van der Waals surface area contributed by atoms with Crippen LogP contribution in [-0.2, 0) is 9.59 Å². The topological polar surface area (TPSA) is 74.7 Å². The summed E-state index contributed by atoms with van der Waals surface area (Å²) in [6.45, 7) is 1.89. The number of nitrogens with one attached hydrogen (secondary N) is 1. The van der Waals surface area contributed by atoms with Gasteiger partial charge in [0, 0.05) is 32.3 Å². The number of carbonyl (C=O) groups excluding carboxylic acids is 2. The summed E-state index contributed by atoms with van der Waals surface area (Å²) in [5.41, 5.74) is 1.37. The molecule has 0 bridgehead atoms. The van der Waals surface area contributed by atoms with Crippen LogP contribution in [0.5, 0.6) is 0 Å². The Labute approximate surface area is 111 Å². The standard InChI is InChI=1S/C13H16N4O2/c1-9(10-5-7-14-8-6-10)15-13(19)11-3-4-12(18)17(2)16-11/h5-9H,3-4H2,1-2H3,(H,15,19)/t9-/m1/s1. The van der Waals surface area contributed by atoms with Gasteiger partial charge in [-0.3, -0.25) is 14.6 Å². The van der Waals surface area contributed by atoms with Gasteiger partial charge >= 0.3 is 0 Å². The lowest BCUT2D eigenvalue weighted by atomic mass is 10.1. The lowest BCUT2D eigenvalue weighted by Gasteiger charge is -2.20. The third-order valence-electron chi connectivity index (χ3n) is 3.02. The molecule has 100 valence electrons. The molecular formula is C13H16N4O2. The van der Waals surface area contributed by atoms with Crippen LogP contribution in [-0.4, -0.2) is 34.6 Å². The van der Waals surface area contributed by atoms with Crippen LogP contribution in [0.3, 0.4) is 0 Å². The van der Waals surface area contributed by atoms with Crippen LogP contribution in [0.25, 0.3) is 0 Å². The molecule has 0 aliphatic carbocycles. The molecule has 0 saturated heterocycles. The molecule has 6 nitrogen and oxygen atoms in total. The maximum Gasteiger partial charge on any atom is 0.267 e. The number of rotatable bonds is 3. The normalized spacial score (nSPS) is 16.8. The predicted octanol–water partition coefficient (Wildman–Crippen LogP) is 0.867. The summed E-state index contributed by atoms with van der Waals surface area (Å²) < 4.78 is 0. The molecule has 1 N–H and O–H groups in total. The number of aromatic nitrogens is 1. The number of hydrazone groups is 1. The SMILES string of the molecule is C[C@@H](NC(=O)C1=NN(C)C(=O)CC1)c1ccncc1. The molecule has 19 heavy (non-hydrogen) atoms. The molecule has 0 spiro atoms. The third kappa shape index (κ3) is 3.15. The van der Waals surface area contributed by atoms with E-state index in [1.165, 1.54) is 5.01 Å². The first-order valence-corrected chi connectivity index (χ1v) is 6.12. The molecule has 2 heterocycles. The molecule has 0 fully saturated rings. The van der Waals surface area contributed by atoms with E-state index < -0.39 is 0 Å². The minimum absolute atomic E-state index is 0.0706. The van der Waals surface area contributed by atoms with Gasteiger partial charge in [0.1, 0.15) is 5.71 Å². The molecule has 1 aromatic rings. The highest BCUT2D eigenvalue weighted by atomic mass is 16.2. The molecule has 1 atom stereocenters. The van der Waals surface area contributed by atoms with E-state index in [0.717, 1.165) is 5.56 Å². The molecule has 0 saturated carbocycles. The molecule has 1 aromatic heterocycles. The van der Waals surface area contributed by atoms with Crippen LogP contribution in [0.4, 0.5) is 0 Å². The second kappa shape index (κ2) is 5.60. The Kier molecular flexibility index (Phi) is 3.89. The Hall–Kier alpha value is -2.24. The number of amides is 2. The Morgan fingerprint density at radius 3 is 2.68 bits per heavy atom. The lowest BCUT2D eigenvalue weighted by molar-refractivity contribution is -0.130. The van der Waals surface area contributed by atoms with E-state index in [-0.39, 0.29) is 17.9 Å². The van der Waals surface area contributed by atoms with Crippen molar-refractivity contribution in [2.24, 2.45) is 5.10 Å². The number of carbonyl (C=O) groups is 2. The summed E-state index contributed by atoms with van der Waals surface area (Å²) in [5.74, 6) is -0.303. The summed E-state index contributed by atoms with van der Waals surface area (Å²) in [5, 5.41) is 8.07. The van der Waals surface area contributed by atoms with E-state index in [0.29, 0.717) is 18.6 Å². The van der Waals surface area contributed by atoms with Crippen molar-refractivity contribution in [1.82, 2.24) is 15.3 Å². The second-order valence-corrected chi connectivity index (χ2v) is 4.44. The summed E-state index contributed by atoms with van der Waals surface area (Å²) >= 11 is 0. The zero-order valence-corrected chi connectivity index (χ0v) is 11.0. The van der Waals surface area contributed by atoms with Gasteiger partial charge in [0.25, 0.3) is 5.91 Å². The van der Waals surface area contributed by atoms with E-state index >= 15 is 0 Å². The fraction of sp³-hybridized carbons (Fsp3) is 0.385. The minimum Gasteiger partial charge on any atom is -0.344 e. The molecule has 2 amide bonds. The molecule has 0 aromatic carbocycles. The quantitative estimate of drug-likeness (QED) is 0.876. The largest absolute Gasteiger partial charge is 0.344 e. The highest BCUT2D eigenvalue weighted by molar-refractivity contribution is 6.39. The first-order chi connectivity index (χ1) is 9.08. The molecule has 0 radical (unpaired) electrons. The van der Waals surface area contributed by atoms with Crippen molar-refractivity contribution in [3.8, 4) is 0 Å². The summed E-state index contributed by atoms with van der Waals surface area (Å²) in [6, 6.07) is 3.58. The van der Waals surface area contributed by atoms with Gasteiger partial charge in [0.05, 0.1) is 6.04 Å². The fourth-order valence-electron chi connectivity index (χ4n) is 1.85. The maximum absolute atomic E-state index is 12.0. The average molecular weight is 260 g/mol. The molecule has 6 heteroatoms. The predicted molar refractivity (Wildman–Crippen MR) is 70.2 cm³/mol. The highest BCUT2D eigenvalue weighted by Crippen LogP contribution is 2.12. The Balaban J connectivity index is 2.02. The van der Waals surface area contributed by atoms with Gasteiger partial charge in [0.15, 0.2) is 0 Å². The van der Waals surface area contributed by atoms with Gasteiger partial charge in [0.2, 0.25) is 5.91 Å². The van der Waals surface area contributed by atoms with Gasteiger partial charge in [-0.1, -0.05) is 0 Å². The van der Waals surface area contributed by atoms with Crippen LogP contribution in [0, 0.1) is 0 Å². The van der Waals surface area contributed by atoms with Gasteiger partial charge < -0.3 is 5.32 Å². The third-order valence-corrected chi connectivity index (χ3v) is 3.02. The van der Waals surface area contributed by atoms with E-state index in [2.05, 4.69) is 15.4 Å². The molecular weight excluding hydrogens is 244 g/mol. The van der Waals surface area contributed by atoms with Gasteiger partial charge in [-0.2, -0.15) is 5.10 Å². The van der Waals surface area contributed by atoms with E-state index in [9.17, 15) is 9.59 Å². The lowest BCUT2D eigenvalue weighted by Crippen LogP contribution is -2.38. The number of nitrogens with zero attached hydrogens (tertiary/aromatic N) is 3. The number of hydrogen-bond donors (Lipinski definition) is 1. The van der Waals surface area contributed by atoms with Crippen molar-refractivity contribution >= 4 is 17.5 Å². The smallest absolute Gasteiger partial charge is 0.267 e. The van der Waals surface area contributed by atoms with Gasteiger partial charge in [-0.15, -0.1) is 0 Å². The average Bonchev–Trinajstić information content (AvgIpc) is 2.42. The molecule has 1 aliphatic rings. The Morgan fingerprint density at radius 1 is 1.37 bits per heavy atom. The van der Waals surface area contributed by atoms with E-state index in [1.807, 2.05) is 19.1 Å². The molecule has 2 rings (SSSR count). The second-order valence-electron chi connectivity index (χ2n) is 4.44. The Bertz CT molecular complexity index is 513. The highest BCUT2D eigenvalue weighted by Gasteiger charge is 2.22. The number of pyridine rings is 1. The van der Waals surface area contributed by atoms with Gasteiger partial charge in [-0.05, 0) is 24.6 Å². The first kappa shape index (κ1) is 13.2. The fourth-order valence-corrected chi connectivity index (χ4v) is 1.85. The zero-order chi connectivity index (χ0) is 13.8. The monoisotopic (exact) mass is 260 g/mol. The molecule has 1 aliphatic heterocycles. The van der Waals surface area contributed by atoms with Gasteiger partial charge in [-0.25, -0.2) is 5.01 Å².